The second-order valence-electron chi connectivity index (χ2n) is 3.77. The summed E-state index contributed by atoms with van der Waals surface area (Å²) in [5, 5.41) is 0. The van der Waals surface area contributed by atoms with E-state index in [4.69, 9.17) is 5.73 Å². The van der Waals surface area contributed by atoms with Gasteiger partial charge in [0.05, 0.1) is 17.2 Å². The summed E-state index contributed by atoms with van der Waals surface area (Å²) in [5.74, 6) is -1.39. The summed E-state index contributed by atoms with van der Waals surface area (Å²) in [6, 6.07) is 2.03. The Morgan fingerprint density at radius 1 is 1.47 bits per heavy atom. The van der Waals surface area contributed by atoms with Gasteiger partial charge >= 0.3 is 5.97 Å². The number of esters is 1. The minimum absolute atomic E-state index is 0.156. The van der Waals surface area contributed by atoms with Gasteiger partial charge in [0, 0.05) is 0 Å². The summed E-state index contributed by atoms with van der Waals surface area (Å²) >= 11 is 0. The van der Waals surface area contributed by atoms with E-state index < -0.39 is 28.4 Å². The van der Waals surface area contributed by atoms with Crippen molar-refractivity contribution in [3.63, 3.8) is 0 Å². The Balaban J connectivity index is 2.95. The van der Waals surface area contributed by atoms with E-state index in [0.717, 1.165) is 12.1 Å². The van der Waals surface area contributed by atoms with Crippen LogP contribution in [0.2, 0.25) is 0 Å². The van der Waals surface area contributed by atoms with Crippen LogP contribution in [0.4, 0.5) is 10.1 Å². The van der Waals surface area contributed by atoms with Gasteiger partial charge < -0.3 is 10.5 Å². The molecule has 0 atom stereocenters. The zero-order valence-corrected chi connectivity index (χ0v) is 11.4. The molecule has 0 amide bonds. The molecule has 106 valence electrons. The summed E-state index contributed by atoms with van der Waals surface area (Å²) in [7, 11) is -3.94. The first-order valence-corrected chi connectivity index (χ1v) is 6.97. The normalized spacial score (nSPS) is 11.3. The van der Waals surface area contributed by atoms with Crippen molar-refractivity contribution in [2.75, 3.05) is 18.9 Å². The second kappa shape index (κ2) is 5.98. The summed E-state index contributed by atoms with van der Waals surface area (Å²) in [4.78, 5) is 10.9. The smallest absolute Gasteiger partial charge is 0.321 e. The molecule has 0 radical (unpaired) electrons. The monoisotopic (exact) mass is 290 g/mol. The van der Waals surface area contributed by atoms with Gasteiger partial charge in [0.1, 0.15) is 12.4 Å². The van der Waals surface area contributed by atoms with Crippen LogP contribution in [-0.2, 0) is 19.6 Å². The molecule has 1 aromatic carbocycles. The molecule has 3 N–H and O–H groups in total. The third-order valence-electron chi connectivity index (χ3n) is 2.30. The first-order chi connectivity index (χ1) is 8.77. The molecule has 1 aromatic rings. The number of hydrogen-bond acceptors (Lipinski definition) is 5. The first-order valence-electron chi connectivity index (χ1n) is 5.49. The molecule has 0 fully saturated rings. The van der Waals surface area contributed by atoms with Crippen molar-refractivity contribution >= 4 is 21.7 Å². The van der Waals surface area contributed by atoms with Gasteiger partial charge in [-0.3, -0.25) is 4.79 Å². The van der Waals surface area contributed by atoms with Gasteiger partial charge in [-0.2, -0.15) is 4.72 Å². The quantitative estimate of drug-likeness (QED) is 0.610. The lowest BCUT2D eigenvalue weighted by Gasteiger charge is -2.10. The van der Waals surface area contributed by atoms with Gasteiger partial charge in [0.15, 0.2) is 0 Å². The molecule has 8 heteroatoms. The number of rotatable bonds is 5. The van der Waals surface area contributed by atoms with Crippen LogP contribution < -0.4 is 10.5 Å². The highest BCUT2D eigenvalue weighted by molar-refractivity contribution is 7.89. The van der Waals surface area contributed by atoms with Crippen molar-refractivity contribution in [1.29, 1.82) is 0 Å². The minimum Gasteiger partial charge on any atom is -0.465 e. The van der Waals surface area contributed by atoms with Crippen molar-refractivity contribution in [2.45, 2.75) is 18.7 Å². The topological polar surface area (TPSA) is 98.5 Å². The molecule has 0 aliphatic heterocycles. The standard InChI is InChI=1S/C11H15FN2O4S/c1-3-18-11(15)6-14-19(16,17)10-5-9(13)8(12)4-7(10)2/h4-5,14H,3,6,13H2,1-2H3. The molecule has 0 aromatic heterocycles. The van der Waals surface area contributed by atoms with Gasteiger partial charge in [0.2, 0.25) is 10.0 Å². The highest BCUT2D eigenvalue weighted by atomic mass is 32.2. The Morgan fingerprint density at radius 2 is 2.11 bits per heavy atom. The highest BCUT2D eigenvalue weighted by Gasteiger charge is 2.20. The number of nitrogens with one attached hydrogen (secondary N) is 1. The fraction of sp³-hybridized carbons (Fsp3) is 0.364. The average Bonchev–Trinajstić information content (AvgIpc) is 2.31. The maximum atomic E-state index is 13.1. The fourth-order valence-corrected chi connectivity index (χ4v) is 2.63. The molecule has 19 heavy (non-hydrogen) atoms. The van der Waals surface area contributed by atoms with Crippen molar-refractivity contribution in [3.8, 4) is 0 Å². The Morgan fingerprint density at radius 3 is 2.68 bits per heavy atom. The third kappa shape index (κ3) is 3.90. The number of ether oxygens (including phenoxy) is 1. The van der Waals surface area contributed by atoms with Crippen LogP contribution in [0.3, 0.4) is 0 Å². The Labute approximate surface area is 110 Å². The maximum absolute atomic E-state index is 13.1. The molecule has 0 saturated heterocycles. The molecule has 0 saturated carbocycles. The van der Waals surface area contributed by atoms with Gasteiger partial charge in [-0.1, -0.05) is 0 Å². The summed E-state index contributed by atoms with van der Waals surface area (Å²) in [6.07, 6.45) is 0. The largest absolute Gasteiger partial charge is 0.465 e. The Bertz CT molecular complexity index is 587. The van der Waals surface area contributed by atoms with Gasteiger partial charge in [-0.25, -0.2) is 12.8 Å². The van der Waals surface area contributed by atoms with E-state index in [2.05, 4.69) is 9.46 Å². The van der Waals surface area contributed by atoms with E-state index in [9.17, 15) is 17.6 Å². The van der Waals surface area contributed by atoms with E-state index in [-0.39, 0.29) is 22.8 Å². The average molecular weight is 290 g/mol. The van der Waals surface area contributed by atoms with E-state index in [0.29, 0.717) is 0 Å². The molecule has 6 nitrogen and oxygen atoms in total. The van der Waals surface area contributed by atoms with Crippen LogP contribution in [0.5, 0.6) is 0 Å². The number of hydrogen-bond donors (Lipinski definition) is 2. The molecule has 0 spiro atoms. The van der Waals surface area contributed by atoms with Crippen molar-refractivity contribution in [1.82, 2.24) is 4.72 Å². The number of benzene rings is 1. The Hall–Kier alpha value is -1.67. The lowest BCUT2D eigenvalue weighted by Crippen LogP contribution is -2.31. The molecular formula is C11H15FN2O4S. The van der Waals surface area contributed by atoms with E-state index in [1.165, 1.54) is 6.92 Å². The predicted molar refractivity (Wildman–Crippen MR) is 67.4 cm³/mol. The number of nitrogens with two attached hydrogens (primary N) is 1. The molecule has 0 aliphatic carbocycles. The lowest BCUT2D eigenvalue weighted by atomic mass is 10.2. The minimum atomic E-state index is -3.94. The molecule has 0 bridgehead atoms. The number of anilines is 1. The van der Waals surface area contributed by atoms with Crippen LogP contribution in [0.15, 0.2) is 17.0 Å². The van der Waals surface area contributed by atoms with Crippen LogP contribution in [-0.4, -0.2) is 27.5 Å². The summed E-state index contributed by atoms with van der Waals surface area (Å²) in [5.41, 5.74) is 5.25. The number of carbonyl (C=O) groups is 1. The number of carbonyl (C=O) groups excluding carboxylic acids is 1. The van der Waals surface area contributed by atoms with Crippen molar-refractivity contribution in [2.24, 2.45) is 0 Å². The summed E-state index contributed by atoms with van der Waals surface area (Å²) in [6.45, 7) is 2.70. The number of sulfonamides is 1. The fourth-order valence-electron chi connectivity index (χ4n) is 1.40. The number of nitrogen functional groups attached to an aromatic ring is 1. The number of aryl methyl sites for hydroxylation is 1. The molecule has 0 aliphatic rings. The third-order valence-corrected chi connectivity index (χ3v) is 3.84. The molecule has 1 rings (SSSR count). The van der Waals surface area contributed by atoms with E-state index in [1.807, 2.05) is 0 Å². The van der Waals surface area contributed by atoms with Gasteiger partial charge in [0.25, 0.3) is 0 Å². The van der Waals surface area contributed by atoms with Gasteiger partial charge in [-0.15, -0.1) is 0 Å². The second-order valence-corrected chi connectivity index (χ2v) is 5.50. The van der Waals surface area contributed by atoms with Crippen molar-refractivity contribution < 1.29 is 22.3 Å². The van der Waals surface area contributed by atoms with Gasteiger partial charge in [-0.05, 0) is 31.5 Å². The zero-order chi connectivity index (χ0) is 14.6. The molecule has 0 heterocycles. The first kappa shape index (κ1) is 15.4. The lowest BCUT2D eigenvalue weighted by molar-refractivity contribution is -0.141. The maximum Gasteiger partial charge on any atom is 0.321 e. The molecule has 0 unspecified atom stereocenters. The van der Waals surface area contributed by atoms with Crippen molar-refractivity contribution in [3.05, 3.63) is 23.5 Å². The predicted octanol–water partition coefficient (Wildman–Crippen LogP) is 0.558. The SMILES string of the molecule is CCOC(=O)CNS(=O)(=O)c1cc(N)c(F)cc1C. The van der Waals surface area contributed by atoms with E-state index >= 15 is 0 Å². The van der Waals surface area contributed by atoms with E-state index in [1.54, 1.807) is 6.92 Å². The van der Waals surface area contributed by atoms with Crippen LogP contribution in [0.25, 0.3) is 0 Å². The van der Waals surface area contributed by atoms with Crippen LogP contribution >= 0.6 is 0 Å². The summed E-state index contributed by atoms with van der Waals surface area (Å²) < 4.78 is 43.7. The zero-order valence-electron chi connectivity index (χ0n) is 10.6. The van der Waals surface area contributed by atoms with Crippen LogP contribution in [0.1, 0.15) is 12.5 Å². The van der Waals surface area contributed by atoms with Crippen LogP contribution in [0, 0.1) is 12.7 Å². The number of halogens is 1. The molecular weight excluding hydrogens is 275 g/mol. The Kier molecular flexibility index (Phi) is 4.84. The highest BCUT2D eigenvalue weighted by Crippen LogP contribution is 2.21.